The molecule has 0 radical (unpaired) electrons. The summed E-state index contributed by atoms with van der Waals surface area (Å²) >= 11 is 0. The number of carboxylic acid groups (broad SMARTS) is 1. The molecule has 0 heterocycles. The van der Waals surface area contributed by atoms with Crippen molar-refractivity contribution in [2.45, 2.75) is 142 Å². The van der Waals surface area contributed by atoms with Crippen LogP contribution in [-0.2, 0) is 14.3 Å². The zero-order chi connectivity index (χ0) is 23.7. The summed E-state index contributed by atoms with van der Waals surface area (Å²) < 4.78 is 5.41. The lowest BCUT2D eigenvalue weighted by atomic mass is 10.1. The minimum absolute atomic E-state index is 0.0829. The molecule has 0 aliphatic carbocycles. The highest BCUT2D eigenvalue weighted by Crippen LogP contribution is 2.14. The minimum Gasteiger partial charge on any atom is -0.481 e. The number of allylic oxidation sites excluding steroid dienone is 4. The van der Waals surface area contributed by atoms with E-state index in [4.69, 9.17) is 9.84 Å². The highest BCUT2D eigenvalue weighted by Gasteiger charge is 2.17. The van der Waals surface area contributed by atoms with Crippen LogP contribution in [0.3, 0.4) is 0 Å². The molecule has 32 heavy (non-hydrogen) atoms. The van der Waals surface area contributed by atoms with Gasteiger partial charge in [-0.05, 0) is 51.4 Å². The molecule has 1 unspecified atom stereocenters. The third kappa shape index (κ3) is 23.1. The van der Waals surface area contributed by atoms with Gasteiger partial charge in [0.05, 0.1) is 6.42 Å². The van der Waals surface area contributed by atoms with Gasteiger partial charge in [-0.3, -0.25) is 9.59 Å². The predicted octanol–water partition coefficient (Wildman–Crippen LogP) is 8.55. The topological polar surface area (TPSA) is 63.6 Å². The van der Waals surface area contributed by atoms with Crippen LogP contribution in [0.4, 0.5) is 0 Å². The number of rotatable bonds is 23. The van der Waals surface area contributed by atoms with E-state index in [0.717, 1.165) is 44.9 Å². The first-order valence-corrected chi connectivity index (χ1v) is 13.3. The van der Waals surface area contributed by atoms with Gasteiger partial charge < -0.3 is 9.84 Å². The summed E-state index contributed by atoms with van der Waals surface area (Å²) in [4.78, 5) is 23.0. The molecule has 0 saturated heterocycles. The number of aliphatic carboxylic acids is 1. The van der Waals surface area contributed by atoms with Crippen LogP contribution in [0.5, 0.6) is 0 Å². The molecule has 0 rings (SSSR count). The van der Waals surface area contributed by atoms with Gasteiger partial charge in [0.25, 0.3) is 0 Å². The van der Waals surface area contributed by atoms with Crippen molar-refractivity contribution < 1.29 is 19.4 Å². The molecule has 4 heteroatoms. The Labute approximate surface area is 197 Å². The third-order valence-corrected chi connectivity index (χ3v) is 5.66. The fourth-order valence-corrected chi connectivity index (χ4v) is 3.70. The van der Waals surface area contributed by atoms with E-state index in [0.29, 0.717) is 12.8 Å². The smallest absolute Gasteiger partial charge is 0.307 e. The number of esters is 1. The van der Waals surface area contributed by atoms with Crippen LogP contribution in [0.15, 0.2) is 24.3 Å². The molecule has 0 aliphatic rings. The Morgan fingerprint density at radius 3 is 1.84 bits per heavy atom. The maximum atomic E-state index is 12.0. The summed E-state index contributed by atoms with van der Waals surface area (Å²) in [7, 11) is 0. The Bertz CT molecular complexity index is 496. The van der Waals surface area contributed by atoms with Gasteiger partial charge in [0.15, 0.2) is 0 Å². The first-order chi connectivity index (χ1) is 15.6. The van der Waals surface area contributed by atoms with Gasteiger partial charge in [-0.1, -0.05) is 95.9 Å². The number of hydrogen-bond donors (Lipinski definition) is 1. The van der Waals surface area contributed by atoms with Gasteiger partial charge in [-0.2, -0.15) is 0 Å². The van der Waals surface area contributed by atoms with E-state index in [1.54, 1.807) is 0 Å². The molecule has 0 spiro atoms. The molecule has 4 nitrogen and oxygen atoms in total. The Kier molecular flexibility index (Phi) is 22.9. The van der Waals surface area contributed by atoms with E-state index in [2.05, 4.69) is 38.2 Å². The lowest BCUT2D eigenvalue weighted by Crippen LogP contribution is -2.21. The molecular formula is C28H50O4. The number of carbonyl (C=O) groups excluding carboxylic acids is 1. The Hall–Kier alpha value is -1.58. The summed E-state index contributed by atoms with van der Waals surface area (Å²) in [5.41, 5.74) is 0. The van der Waals surface area contributed by atoms with Crippen molar-refractivity contribution in [3.63, 3.8) is 0 Å². The molecule has 1 atom stereocenters. The largest absolute Gasteiger partial charge is 0.481 e. The molecule has 1 N–H and O–H groups in total. The minimum atomic E-state index is -0.899. The van der Waals surface area contributed by atoms with Crippen LogP contribution in [0.2, 0.25) is 0 Å². The predicted molar refractivity (Wildman–Crippen MR) is 135 cm³/mol. The Balaban J connectivity index is 3.57. The van der Waals surface area contributed by atoms with E-state index >= 15 is 0 Å². The molecule has 0 saturated carbocycles. The maximum Gasteiger partial charge on any atom is 0.307 e. The second-order valence-corrected chi connectivity index (χ2v) is 8.89. The van der Waals surface area contributed by atoms with Gasteiger partial charge in [0.1, 0.15) is 6.10 Å². The van der Waals surface area contributed by atoms with Crippen LogP contribution in [-0.4, -0.2) is 23.1 Å². The molecule has 0 amide bonds. The average Bonchev–Trinajstić information content (AvgIpc) is 2.75. The number of hydrogen-bond acceptors (Lipinski definition) is 3. The highest BCUT2D eigenvalue weighted by molar-refractivity contribution is 5.71. The Morgan fingerprint density at radius 1 is 0.719 bits per heavy atom. The van der Waals surface area contributed by atoms with Crippen molar-refractivity contribution in [1.82, 2.24) is 0 Å². The first kappa shape index (κ1) is 30.4. The SMILES string of the molecule is CCCCC/C=C\C/C=C\CCCCCCCCCC(=O)OC(CCCCC)CC(=O)O. The van der Waals surface area contributed by atoms with Crippen LogP contribution >= 0.6 is 0 Å². The van der Waals surface area contributed by atoms with E-state index < -0.39 is 12.1 Å². The van der Waals surface area contributed by atoms with Crippen molar-refractivity contribution in [3.05, 3.63) is 24.3 Å². The molecule has 0 bridgehead atoms. The summed E-state index contributed by atoms with van der Waals surface area (Å²) in [5, 5.41) is 8.99. The summed E-state index contributed by atoms with van der Waals surface area (Å²) in [6.45, 7) is 4.34. The van der Waals surface area contributed by atoms with Crippen molar-refractivity contribution in [2.24, 2.45) is 0 Å². The van der Waals surface area contributed by atoms with Crippen molar-refractivity contribution >= 4 is 11.9 Å². The number of unbranched alkanes of at least 4 members (excludes halogenated alkanes) is 12. The molecule has 0 aliphatic heterocycles. The lowest BCUT2D eigenvalue weighted by molar-refractivity contribution is -0.153. The van der Waals surface area contributed by atoms with Crippen LogP contribution in [0.1, 0.15) is 136 Å². The monoisotopic (exact) mass is 450 g/mol. The van der Waals surface area contributed by atoms with Crippen LogP contribution in [0, 0.1) is 0 Å². The molecule has 0 aromatic rings. The van der Waals surface area contributed by atoms with Crippen molar-refractivity contribution in [3.8, 4) is 0 Å². The van der Waals surface area contributed by atoms with Gasteiger partial charge >= 0.3 is 11.9 Å². The van der Waals surface area contributed by atoms with Gasteiger partial charge in [-0.25, -0.2) is 0 Å². The van der Waals surface area contributed by atoms with E-state index in [-0.39, 0.29) is 12.4 Å². The van der Waals surface area contributed by atoms with Crippen molar-refractivity contribution in [2.75, 3.05) is 0 Å². The molecule has 0 aromatic carbocycles. The molecule has 0 aromatic heterocycles. The third-order valence-electron chi connectivity index (χ3n) is 5.66. The fourth-order valence-electron chi connectivity index (χ4n) is 3.70. The highest BCUT2D eigenvalue weighted by atomic mass is 16.5. The lowest BCUT2D eigenvalue weighted by Gasteiger charge is -2.16. The normalized spacial score (nSPS) is 12.6. The summed E-state index contributed by atoms with van der Waals surface area (Å²) in [6, 6.07) is 0. The number of carboxylic acids is 1. The summed E-state index contributed by atoms with van der Waals surface area (Å²) in [5.74, 6) is -1.14. The standard InChI is InChI=1S/C28H50O4/c1-3-5-7-8-9-10-11-12-13-14-15-16-17-18-19-20-22-24-28(31)32-26(25-27(29)30)23-21-6-4-2/h9-10,12-13,26H,3-8,11,14-25H2,1-2H3,(H,29,30)/b10-9-,13-12-. The maximum absolute atomic E-state index is 12.0. The molecular weight excluding hydrogens is 400 g/mol. The summed E-state index contributed by atoms with van der Waals surface area (Å²) in [6.07, 6.45) is 28.1. The zero-order valence-corrected chi connectivity index (χ0v) is 21.0. The van der Waals surface area contributed by atoms with Crippen LogP contribution < -0.4 is 0 Å². The molecule has 186 valence electrons. The number of ether oxygens (including phenoxy) is 1. The zero-order valence-electron chi connectivity index (χ0n) is 21.0. The second-order valence-electron chi connectivity index (χ2n) is 8.89. The van der Waals surface area contributed by atoms with Crippen molar-refractivity contribution in [1.29, 1.82) is 0 Å². The average molecular weight is 451 g/mol. The number of carbonyl (C=O) groups is 2. The Morgan fingerprint density at radius 2 is 1.25 bits per heavy atom. The van der Waals surface area contributed by atoms with Crippen LogP contribution in [0.25, 0.3) is 0 Å². The van der Waals surface area contributed by atoms with E-state index in [1.165, 1.54) is 57.8 Å². The van der Waals surface area contributed by atoms with Gasteiger partial charge in [-0.15, -0.1) is 0 Å². The van der Waals surface area contributed by atoms with Gasteiger partial charge in [0.2, 0.25) is 0 Å². The van der Waals surface area contributed by atoms with E-state index in [1.807, 2.05) is 0 Å². The van der Waals surface area contributed by atoms with Gasteiger partial charge in [0, 0.05) is 6.42 Å². The van der Waals surface area contributed by atoms with E-state index in [9.17, 15) is 9.59 Å². The second kappa shape index (κ2) is 24.1. The fraction of sp³-hybridized carbons (Fsp3) is 0.786. The molecule has 0 fully saturated rings. The first-order valence-electron chi connectivity index (χ1n) is 13.3. The quantitative estimate of drug-likeness (QED) is 0.0962.